The summed E-state index contributed by atoms with van der Waals surface area (Å²) >= 11 is 0. The summed E-state index contributed by atoms with van der Waals surface area (Å²) in [5.74, 6) is 0.864. The van der Waals surface area contributed by atoms with E-state index in [0.29, 0.717) is 0 Å². The standard InChI is InChI=1S/C12H25NO/c1-2-13-9-6-10-14-11-12-7-4-3-5-8-12/h12-13H,2-11H2,1H3. The lowest BCUT2D eigenvalue weighted by Crippen LogP contribution is -2.18. The first kappa shape index (κ1) is 12.0. The average molecular weight is 199 g/mol. The molecule has 0 saturated heterocycles. The molecular formula is C12H25NO. The van der Waals surface area contributed by atoms with Crippen LogP contribution in [-0.4, -0.2) is 26.3 Å². The van der Waals surface area contributed by atoms with Crippen LogP contribution in [0.4, 0.5) is 0 Å². The Morgan fingerprint density at radius 3 is 2.71 bits per heavy atom. The van der Waals surface area contributed by atoms with Gasteiger partial charge in [0.25, 0.3) is 0 Å². The minimum Gasteiger partial charge on any atom is -0.381 e. The molecule has 1 rings (SSSR count). The Kier molecular flexibility index (Phi) is 7.06. The number of nitrogens with one attached hydrogen (secondary N) is 1. The zero-order valence-corrected chi connectivity index (χ0v) is 9.56. The molecule has 14 heavy (non-hydrogen) atoms. The molecule has 0 bridgehead atoms. The second-order valence-electron chi connectivity index (χ2n) is 4.29. The van der Waals surface area contributed by atoms with Crippen molar-refractivity contribution >= 4 is 0 Å². The van der Waals surface area contributed by atoms with E-state index < -0.39 is 0 Å². The number of ether oxygens (including phenoxy) is 1. The van der Waals surface area contributed by atoms with Crippen molar-refractivity contribution in [3.8, 4) is 0 Å². The summed E-state index contributed by atoms with van der Waals surface area (Å²) in [6.07, 6.45) is 8.23. The van der Waals surface area contributed by atoms with E-state index in [2.05, 4.69) is 12.2 Å². The number of rotatable bonds is 7. The Balaban J connectivity index is 1.82. The lowest BCUT2D eigenvalue weighted by Gasteiger charge is -2.21. The van der Waals surface area contributed by atoms with E-state index in [0.717, 1.165) is 38.6 Å². The molecule has 1 aliphatic rings. The van der Waals surface area contributed by atoms with Crippen LogP contribution in [-0.2, 0) is 4.74 Å². The molecule has 2 nitrogen and oxygen atoms in total. The average Bonchev–Trinajstić information content (AvgIpc) is 2.25. The van der Waals surface area contributed by atoms with Gasteiger partial charge in [-0.25, -0.2) is 0 Å². The molecule has 0 atom stereocenters. The van der Waals surface area contributed by atoms with E-state index >= 15 is 0 Å². The summed E-state index contributed by atoms with van der Waals surface area (Å²) in [5.41, 5.74) is 0. The van der Waals surface area contributed by atoms with Gasteiger partial charge >= 0.3 is 0 Å². The van der Waals surface area contributed by atoms with Crippen LogP contribution in [0.1, 0.15) is 45.4 Å². The van der Waals surface area contributed by atoms with Crippen molar-refractivity contribution in [2.45, 2.75) is 45.4 Å². The van der Waals surface area contributed by atoms with Crippen LogP contribution >= 0.6 is 0 Å². The molecule has 0 amide bonds. The van der Waals surface area contributed by atoms with Crippen molar-refractivity contribution < 1.29 is 4.74 Å². The smallest absolute Gasteiger partial charge is 0.0494 e. The normalized spacial score (nSPS) is 18.6. The van der Waals surface area contributed by atoms with Gasteiger partial charge in [-0.1, -0.05) is 26.2 Å². The van der Waals surface area contributed by atoms with E-state index in [1.54, 1.807) is 0 Å². The molecule has 1 N–H and O–H groups in total. The molecule has 0 spiro atoms. The largest absolute Gasteiger partial charge is 0.381 e. The number of hydrogen-bond donors (Lipinski definition) is 1. The zero-order valence-electron chi connectivity index (χ0n) is 9.56. The lowest BCUT2D eigenvalue weighted by atomic mass is 9.90. The maximum absolute atomic E-state index is 5.68. The Labute approximate surface area is 88.4 Å². The molecule has 0 heterocycles. The summed E-state index contributed by atoms with van der Waals surface area (Å²) in [7, 11) is 0. The fourth-order valence-electron chi connectivity index (χ4n) is 2.08. The predicted molar refractivity (Wildman–Crippen MR) is 60.6 cm³/mol. The van der Waals surface area contributed by atoms with Crippen molar-refractivity contribution in [1.82, 2.24) is 5.32 Å². The van der Waals surface area contributed by atoms with Crippen molar-refractivity contribution in [2.75, 3.05) is 26.3 Å². The molecule has 0 aromatic heterocycles. The van der Waals surface area contributed by atoms with E-state index in [-0.39, 0.29) is 0 Å². The molecule has 0 aromatic rings. The van der Waals surface area contributed by atoms with Gasteiger partial charge in [-0.15, -0.1) is 0 Å². The first-order valence-corrected chi connectivity index (χ1v) is 6.22. The highest BCUT2D eigenvalue weighted by Crippen LogP contribution is 2.23. The Morgan fingerprint density at radius 1 is 1.21 bits per heavy atom. The fourth-order valence-corrected chi connectivity index (χ4v) is 2.08. The van der Waals surface area contributed by atoms with Gasteiger partial charge < -0.3 is 10.1 Å². The van der Waals surface area contributed by atoms with E-state index in [4.69, 9.17) is 4.74 Å². The first-order chi connectivity index (χ1) is 6.93. The second kappa shape index (κ2) is 8.25. The molecule has 1 aliphatic carbocycles. The topological polar surface area (TPSA) is 21.3 Å². The lowest BCUT2D eigenvalue weighted by molar-refractivity contribution is 0.0837. The van der Waals surface area contributed by atoms with Crippen LogP contribution in [0.3, 0.4) is 0 Å². The summed E-state index contributed by atoms with van der Waals surface area (Å²) in [6, 6.07) is 0. The molecule has 1 saturated carbocycles. The highest BCUT2D eigenvalue weighted by atomic mass is 16.5. The van der Waals surface area contributed by atoms with Gasteiger partial charge in [-0.2, -0.15) is 0 Å². The van der Waals surface area contributed by atoms with Gasteiger partial charge in [0.1, 0.15) is 0 Å². The summed E-state index contributed by atoms with van der Waals surface area (Å²) in [6.45, 7) is 6.25. The monoisotopic (exact) mass is 199 g/mol. The summed E-state index contributed by atoms with van der Waals surface area (Å²) < 4.78 is 5.68. The highest BCUT2D eigenvalue weighted by molar-refractivity contribution is 4.64. The fraction of sp³-hybridized carbons (Fsp3) is 1.00. The zero-order chi connectivity index (χ0) is 10.1. The minimum absolute atomic E-state index is 0.864. The Hall–Kier alpha value is -0.0800. The van der Waals surface area contributed by atoms with Gasteiger partial charge in [0.2, 0.25) is 0 Å². The molecular weight excluding hydrogens is 174 g/mol. The van der Waals surface area contributed by atoms with Gasteiger partial charge in [0.05, 0.1) is 0 Å². The van der Waals surface area contributed by atoms with Crippen LogP contribution in [0.5, 0.6) is 0 Å². The molecule has 0 aliphatic heterocycles. The van der Waals surface area contributed by atoms with Crippen molar-refractivity contribution in [1.29, 1.82) is 0 Å². The van der Waals surface area contributed by atoms with E-state index in [1.165, 1.54) is 32.1 Å². The quantitative estimate of drug-likeness (QED) is 0.636. The van der Waals surface area contributed by atoms with Crippen LogP contribution in [0.15, 0.2) is 0 Å². The third-order valence-corrected chi connectivity index (χ3v) is 2.97. The molecule has 2 heteroatoms. The molecule has 0 unspecified atom stereocenters. The third kappa shape index (κ3) is 5.61. The first-order valence-electron chi connectivity index (χ1n) is 6.22. The van der Waals surface area contributed by atoms with Crippen molar-refractivity contribution in [2.24, 2.45) is 5.92 Å². The van der Waals surface area contributed by atoms with Crippen LogP contribution in [0.25, 0.3) is 0 Å². The third-order valence-electron chi connectivity index (χ3n) is 2.97. The Bertz CT molecular complexity index is 121. The van der Waals surface area contributed by atoms with E-state index in [9.17, 15) is 0 Å². The molecule has 0 aromatic carbocycles. The molecule has 1 fully saturated rings. The SMILES string of the molecule is CCNCCCOCC1CCCCC1. The van der Waals surface area contributed by atoms with Crippen molar-refractivity contribution in [3.63, 3.8) is 0 Å². The van der Waals surface area contributed by atoms with E-state index in [1.807, 2.05) is 0 Å². The molecule has 84 valence electrons. The van der Waals surface area contributed by atoms with Gasteiger partial charge in [-0.3, -0.25) is 0 Å². The Morgan fingerprint density at radius 2 is 2.00 bits per heavy atom. The predicted octanol–water partition coefficient (Wildman–Crippen LogP) is 2.58. The summed E-state index contributed by atoms with van der Waals surface area (Å²) in [4.78, 5) is 0. The van der Waals surface area contributed by atoms with Crippen molar-refractivity contribution in [3.05, 3.63) is 0 Å². The summed E-state index contributed by atoms with van der Waals surface area (Å²) in [5, 5.41) is 3.31. The molecule has 0 radical (unpaired) electrons. The highest BCUT2D eigenvalue weighted by Gasteiger charge is 2.12. The number of hydrogen-bond acceptors (Lipinski definition) is 2. The van der Waals surface area contributed by atoms with Gasteiger partial charge in [0, 0.05) is 13.2 Å². The maximum atomic E-state index is 5.68. The minimum atomic E-state index is 0.864. The second-order valence-corrected chi connectivity index (χ2v) is 4.29. The van der Waals surface area contributed by atoms with Crippen LogP contribution in [0.2, 0.25) is 0 Å². The van der Waals surface area contributed by atoms with Crippen LogP contribution in [0, 0.1) is 5.92 Å². The van der Waals surface area contributed by atoms with Gasteiger partial charge in [0.15, 0.2) is 0 Å². The van der Waals surface area contributed by atoms with Crippen LogP contribution < -0.4 is 5.32 Å². The van der Waals surface area contributed by atoms with Gasteiger partial charge in [-0.05, 0) is 38.3 Å². The maximum Gasteiger partial charge on any atom is 0.0494 e.